The standard InChI is InChI=1S/C14H14N4O5S3/c1-18(23-2)26(21,22)11-8-6-10(7-9-11)17-25(19,20)13-5-3-4-12-14(13)16-24-15-12/h3-9,17H,1-2H3. The summed E-state index contributed by atoms with van der Waals surface area (Å²) in [4.78, 5) is 4.66. The van der Waals surface area contributed by atoms with Gasteiger partial charge < -0.3 is 0 Å². The monoisotopic (exact) mass is 414 g/mol. The van der Waals surface area contributed by atoms with Crippen molar-refractivity contribution in [3.63, 3.8) is 0 Å². The highest BCUT2D eigenvalue weighted by Crippen LogP contribution is 2.24. The maximum atomic E-state index is 12.6. The lowest BCUT2D eigenvalue weighted by atomic mass is 10.3. The average molecular weight is 414 g/mol. The van der Waals surface area contributed by atoms with Gasteiger partial charge in [0.05, 0.1) is 23.7 Å². The minimum atomic E-state index is -3.91. The molecule has 1 N–H and O–H groups in total. The molecule has 9 nitrogen and oxygen atoms in total. The topological polar surface area (TPSA) is 119 Å². The third kappa shape index (κ3) is 3.41. The minimum absolute atomic E-state index is 0.000403. The summed E-state index contributed by atoms with van der Waals surface area (Å²) < 4.78 is 60.7. The van der Waals surface area contributed by atoms with Crippen LogP contribution in [0.4, 0.5) is 5.69 Å². The molecule has 0 saturated carbocycles. The first kappa shape index (κ1) is 18.7. The number of benzene rings is 2. The zero-order valence-electron chi connectivity index (χ0n) is 13.6. The fourth-order valence-electron chi connectivity index (χ4n) is 2.15. The molecule has 0 fully saturated rings. The van der Waals surface area contributed by atoms with Crippen LogP contribution in [0.25, 0.3) is 11.0 Å². The van der Waals surface area contributed by atoms with Crippen molar-refractivity contribution in [3.05, 3.63) is 42.5 Å². The van der Waals surface area contributed by atoms with Gasteiger partial charge in [0.1, 0.15) is 15.9 Å². The molecule has 1 aromatic heterocycles. The van der Waals surface area contributed by atoms with E-state index in [4.69, 9.17) is 4.84 Å². The van der Waals surface area contributed by atoms with Gasteiger partial charge in [-0.3, -0.25) is 9.56 Å². The Balaban J connectivity index is 1.91. The van der Waals surface area contributed by atoms with Gasteiger partial charge in [-0.15, -0.1) is 0 Å². The van der Waals surface area contributed by atoms with Crippen LogP contribution in [0.5, 0.6) is 0 Å². The zero-order chi connectivity index (χ0) is 18.9. The number of hydroxylamine groups is 1. The average Bonchev–Trinajstić information content (AvgIpc) is 3.09. The summed E-state index contributed by atoms with van der Waals surface area (Å²) in [7, 11) is -5.23. The van der Waals surface area contributed by atoms with Crippen LogP contribution in [0.3, 0.4) is 0 Å². The zero-order valence-corrected chi connectivity index (χ0v) is 16.1. The second-order valence-corrected chi connectivity index (χ2v) is 9.23. The first-order chi connectivity index (χ1) is 12.3. The molecule has 26 heavy (non-hydrogen) atoms. The molecular weight excluding hydrogens is 400 g/mol. The number of nitrogens with one attached hydrogen (secondary N) is 1. The van der Waals surface area contributed by atoms with E-state index in [9.17, 15) is 16.8 Å². The summed E-state index contributed by atoms with van der Waals surface area (Å²) in [6, 6.07) is 9.96. The Morgan fingerprint density at radius 3 is 2.38 bits per heavy atom. The van der Waals surface area contributed by atoms with Crippen LogP contribution in [-0.2, 0) is 24.9 Å². The number of sulfonamides is 2. The number of hydrogen-bond acceptors (Lipinski definition) is 8. The Morgan fingerprint density at radius 1 is 1.04 bits per heavy atom. The van der Waals surface area contributed by atoms with Crippen LogP contribution in [0.1, 0.15) is 0 Å². The number of nitrogens with zero attached hydrogens (tertiary/aromatic N) is 3. The molecule has 0 bridgehead atoms. The fraction of sp³-hybridized carbons (Fsp3) is 0.143. The Hall–Kier alpha value is -2.12. The third-order valence-corrected chi connectivity index (χ3v) is 7.19. The molecule has 3 aromatic rings. The molecular formula is C14H14N4O5S3. The predicted octanol–water partition coefficient (Wildman–Crippen LogP) is 1.67. The summed E-state index contributed by atoms with van der Waals surface area (Å²) in [5.74, 6) is 0. The molecule has 2 aromatic carbocycles. The Morgan fingerprint density at radius 2 is 1.73 bits per heavy atom. The molecule has 0 saturated heterocycles. The quantitative estimate of drug-likeness (QED) is 0.610. The van der Waals surface area contributed by atoms with Gasteiger partial charge in [-0.05, 0) is 36.4 Å². The minimum Gasteiger partial charge on any atom is -0.288 e. The van der Waals surface area contributed by atoms with Crippen LogP contribution in [0, 0.1) is 0 Å². The van der Waals surface area contributed by atoms with Crippen LogP contribution in [0.15, 0.2) is 52.3 Å². The number of anilines is 1. The number of aromatic nitrogens is 2. The molecule has 0 atom stereocenters. The number of fused-ring (bicyclic) bond motifs is 1. The number of hydrogen-bond donors (Lipinski definition) is 1. The SMILES string of the molecule is CON(C)S(=O)(=O)c1ccc(NS(=O)(=O)c2cccc3nsnc23)cc1. The summed E-state index contributed by atoms with van der Waals surface area (Å²) >= 11 is 0.924. The Labute approximate surface area is 154 Å². The van der Waals surface area contributed by atoms with Gasteiger partial charge in [-0.25, -0.2) is 16.8 Å². The molecule has 0 aliphatic heterocycles. The summed E-state index contributed by atoms with van der Waals surface area (Å²) in [5, 5.41) is 0. The Bertz CT molecular complexity index is 1140. The van der Waals surface area contributed by atoms with Crippen molar-refractivity contribution in [2.45, 2.75) is 9.79 Å². The molecule has 0 amide bonds. The van der Waals surface area contributed by atoms with Crippen molar-refractivity contribution in [2.24, 2.45) is 0 Å². The van der Waals surface area contributed by atoms with Gasteiger partial charge in [-0.2, -0.15) is 8.75 Å². The van der Waals surface area contributed by atoms with Crippen molar-refractivity contribution in [1.82, 2.24) is 13.2 Å². The summed E-state index contributed by atoms with van der Waals surface area (Å²) in [6.45, 7) is 0. The molecule has 0 unspecified atom stereocenters. The summed E-state index contributed by atoms with van der Waals surface area (Å²) in [5.41, 5.74) is 0.983. The molecule has 0 aliphatic carbocycles. The van der Waals surface area contributed by atoms with E-state index < -0.39 is 20.0 Å². The first-order valence-corrected chi connectivity index (χ1v) is 10.8. The molecule has 138 valence electrons. The van der Waals surface area contributed by atoms with Gasteiger partial charge in [0.2, 0.25) is 0 Å². The molecule has 0 aliphatic rings. The molecule has 0 radical (unpaired) electrons. The van der Waals surface area contributed by atoms with E-state index in [1.165, 1.54) is 44.5 Å². The Kier molecular flexibility index (Phi) is 4.94. The van der Waals surface area contributed by atoms with Crippen LogP contribution in [0.2, 0.25) is 0 Å². The van der Waals surface area contributed by atoms with E-state index in [0.717, 1.165) is 11.7 Å². The van der Waals surface area contributed by atoms with Crippen molar-refractivity contribution in [2.75, 3.05) is 18.9 Å². The van der Waals surface area contributed by atoms with E-state index in [2.05, 4.69) is 13.5 Å². The summed E-state index contributed by atoms with van der Waals surface area (Å²) in [6.07, 6.45) is 0. The van der Waals surface area contributed by atoms with Gasteiger partial charge in [0.25, 0.3) is 20.0 Å². The first-order valence-electron chi connectivity index (χ1n) is 7.13. The van der Waals surface area contributed by atoms with Crippen LogP contribution < -0.4 is 4.72 Å². The maximum absolute atomic E-state index is 12.6. The van der Waals surface area contributed by atoms with E-state index in [1.54, 1.807) is 12.1 Å². The largest absolute Gasteiger partial charge is 0.288 e. The van der Waals surface area contributed by atoms with E-state index in [-0.39, 0.29) is 21.0 Å². The van der Waals surface area contributed by atoms with Crippen LogP contribution >= 0.6 is 11.7 Å². The van der Waals surface area contributed by atoms with Gasteiger partial charge in [0.15, 0.2) is 0 Å². The molecule has 12 heteroatoms. The van der Waals surface area contributed by atoms with Gasteiger partial charge in [-0.1, -0.05) is 10.5 Å². The molecule has 3 rings (SSSR count). The fourth-order valence-corrected chi connectivity index (χ4v) is 4.95. The second kappa shape index (κ2) is 6.89. The number of rotatable bonds is 6. The highest BCUT2D eigenvalue weighted by molar-refractivity contribution is 7.93. The lowest BCUT2D eigenvalue weighted by Gasteiger charge is -2.14. The van der Waals surface area contributed by atoms with Crippen molar-refractivity contribution in [3.8, 4) is 0 Å². The van der Waals surface area contributed by atoms with E-state index >= 15 is 0 Å². The van der Waals surface area contributed by atoms with Gasteiger partial charge in [0, 0.05) is 12.7 Å². The predicted molar refractivity (Wildman–Crippen MR) is 96.6 cm³/mol. The van der Waals surface area contributed by atoms with E-state index in [1.807, 2.05) is 0 Å². The highest BCUT2D eigenvalue weighted by Gasteiger charge is 2.22. The van der Waals surface area contributed by atoms with Crippen molar-refractivity contribution in [1.29, 1.82) is 0 Å². The lowest BCUT2D eigenvalue weighted by Crippen LogP contribution is -2.25. The second-order valence-electron chi connectivity index (χ2n) is 5.12. The third-order valence-electron chi connectivity index (χ3n) is 3.54. The molecule has 1 heterocycles. The maximum Gasteiger partial charge on any atom is 0.264 e. The van der Waals surface area contributed by atoms with Crippen LogP contribution in [-0.4, -0.2) is 44.2 Å². The normalized spacial score (nSPS) is 12.6. The van der Waals surface area contributed by atoms with Crippen molar-refractivity contribution >= 4 is 48.5 Å². The van der Waals surface area contributed by atoms with Crippen molar-refractivity contribution < 1.29 is 21.7 Å². The lowest BCUT2D eigenvalue weighted by molar-refractivity contribution is -0.0258. The van der Waals surface area contributed by atoms with Gasteiger partial charge >= 0.3 is 0 Å². The smallest absolute Gasteiger partial charge is 0.264 e. The highest BCUT2D eigenvalue weighted by atomic mass is 32.2. The molecule has 0 spiro atoms. The van der Waals surface area contributed by atoms with E-state index in [0.29, 0.717) is 9.99 Å².